The van der Waals surface area contributed by atoms with E-state index in [2.05, 4.69) is 39.5 Å². The number of aliphatic hydroxyl groups is 1. The Hall–Kier alpha value is -3.59. The number of fused-ring (bicyclic) bond motifs is 1. The second kappa shape index (κ2) is 14.5. The number of ether oxygens (including phenoxy) is 1. The van der Waals surface area contributed by atoms with Crippen molar-refractivity contribution in [1.29, 1.82) is 0 Å². The van der Waals surface area contributed by atoms with Gasteiger partial charge in [0.15, 0.2) is 0 Å². The van der Waals surface area contributed by atoms with Crippen molar-refractivity contribution in [3.05, 3.63) is 107 Å². The van der Waals surface area contributed by atoms with Gasteiger partial charge in [-0.15, -0.1) is 0 Å². The third-order valence-electron chi connectivity index (χ3n) is 6.65. The third kappa shape index (κ3) is 8.99. The Morgan fingerprint density at radius 2 is 1.62 bits per heavy atom. The number of aryl methyl sites for hydroxylation is 1. The van der Waals surface area contributed by atoms with Crippen LogP contribution in [0.5, 0.6) is 0 Å². The van der Waals surface area contributed by atoms with Crippen LogP contribution >= 0.6 is 0 Å². The van der Waals surface area contributed by atoms with Gasteiger partial charge in [0.2, 0.25) is 5.91 Å². The molecular weight excluding hydrogens is 500 g/mol. The summed E-state index contributed by atoms with van der Waals surface area (Å²) in [6.07, 6.45) is 4.34. The Morgan fingerprint density at radius 3 is 2.38 bits per heavy atom. The lowest BCUT2D eigenvalue weighted by molar-refractivity contribution is -0.126. The minimum atomic E-state index is -0.299. The Labute approximate surface area is 227 Å². The summed E-state index contributed by atoms with van der Waals surface area (Å²) in [4.78, 5) is 17.4. The van der Waals surface area contributed by atoms with Crippen LogP contribution < -0.4 is 5.32 Å². The number of aliphatic hydroxyl groups excluding tert-OH is 1. The molecule has 0 saturated carbocycles. The fraction of sp³-hybridized carbons (Fsp3) is 0.323. The van der Waals surface area contributed by atoms with Crippen molar-refractivity contribution in [2.24, 2.45) is 0 Å². The molecule has 0 aliphatic heterocycles. The standard InChI is InChI=1S/C31H35F2N3O3/c32-27-9-7-25(8-10-27)21-39-22-31(38)34-14-1-2-23-3-5-24(6-4-23)20-36(16-17-37)15-13-26-19-35-30-12-11-28(33)18-29(26)30/h3-12,18-19,35,37H,1-2,13-17,20-22H2,(H,34,38). The molecule has 6 nitrogen and oxygen atoms in total. The van der Waals surface area contributed by atoms with Gasteiger partial charge in [-0.25, -0.2) is 8.78 Å². The molecule has 8 heteroatoms. The molecule has 0 bridgehead atoms. The van der Waals surface area contributed by atoms with Gasteiger partial charge in [0, 0.05) is 43.3 Å². The van der Waals surface area contributed by atoms with Crippen molar-refractivity contribution in [3.8, 4) is 0 Å². The van der Waals surface area contributed by atoms with E-state index in [0.29, 0.717) is 19.6 Å². The summed E-state index contributed by atoms with van der Waals surface area (Å²) >= 11 is 0. The summed E-state index contributed by atoms with van der Waals surface area (Å²) in [6.45, 7) is 2.88. The van der Waals surface area contributed by atoms with Gasteiger partial charge in [-0.05, 0) is 71.8 Å². The van der Waals surface area contributed by atoms with Gasteiger partial charge in [0.25, 0.3) is 0 Å². The Bertz CT molecular complexity index is 1320. The normalized spacial score (nSPS) is 11.4. The van der Waals surface area contributed by atoms with Gasteiger partial charge in [0.1, 0.15) is 18.2 Å². The van der Waals surface area contributed by atoms with Crippen molar-refractivity contribution in [2.45, 2.75) is 32.4 Å². The number of carbonyl (C=O) groups is 1. The molecule has 4 rings (SSSR count). The Morgan fingerprint density at radius 1 is 0.897 bits per heavy atom. The summed E-state index contributed by atoms with van der Waals surface area (Å²) in [6, 6.07) is 19.2. The number of aromatic nitrogens is 1. The maximum Gasteiger partial charge on any atom is 0.246 e. The molecular formula is C31H35F2N3O3. The number of benzene rings is 3. The Balaban J connectivity index is 1.15. The zero-order valence-electron chi connectivity index (χ0n) is 22.0. The highest BCUT2D eigenvalue weighted by Gasteiger charge is 2.10. The minimum absolute atomic E-state index is 0.0341. The molecule has 3 aromatic carbocycles. The third-order valence-corrected chi connectivity index (χ3v) is 6.65. The van der Waals surface area contributed by atoms with Crippen LogP contribution in [0.3, 0.4) is 0 Å². The van der Waals surface area contributed by atoms with Crippen LogP contribution in [0.25, 0.3) is 10.9 Å². The van der Waals surface area contributed by atoms with Crippen LogP contribution in [0.4, 0.5) is 8.78 Å². The molecule has 39 heavy (non-hydrogen) atoms. The summed E-state index contributed by atoms with van der Waals surface area (Å²) < 4.78 is 32.0. The average Bonchev–Trinajstić information content (AvgIpc) is 3.34. The summed E-state index contributed by atoms with van der Waals surface area (Å²) in [5, 5.41) is 13.3. The van der Waals surface area contributed by atoms with Gasteiger partial charge in [-0.3, -0.25) is 9.69 Å². The average molecular weight is 536 g/mol. The van der Waals surface area contributed by atoms with Crippen molar-refractivity contribution < 1.29 is 23.4 Å². The highest BCUT2D eigenvalue weighted by atomic mass is 19.1. The Kier molecular flexibility index (Phi) is 10.6. The van der Waals surface area contributed by atoms with Crippen molar-refractivity contribution in [1.82, 2.24) is 15.2 Å². The van der Waals surface area contributed by atoms with Gasteiger partial charge in [-0.2, -0.15) is 0 Å². The number of carbonyl (C=O) groups excluding carboxylic acids is 1. The number of hydrogen-bond donors (Lipinski definition) is 3. The molecule has 206 valence electrons. The molecule has 0 atom stereocenters. The van der Waals surface area contributed by atoms with Crippen LogP contribution in [-0.2, 0) is 35.5 Å². The molecule has 0 unspecified atom stereocenters. The lowest BCUT2D eigenvalue weighted by atomic mass is 10.1. The first-order valence-corrected chi connectivity index (χ1v) is 13.3. The first-order valence-electron chi connectivity index (χ1n) is 13.3. The largest absolute Gasteiger partial charge is 0.395 e. The maximum absolute atomic E-state index is 13.7. The van der Waals surface area contributed by atoms with E-state index in [4.69, 9.17) is 4.74 Å². The number of nitrogens with one attached hydrogen (secondary N) is 2. The van der Waals surface area contributed by atoms with E-state index in [-0.39, 0.29) is 37.4 Å². The van der Waals surface area contributed by atoms with E-state index in [9.17, 15) is 18.7 Å². The first kappa shape index (κ1) is 28.4. The van der Waals surface area contributed by atoms with E-state index in [1.54, 1.807) is 24.3 Å². The van der Waals surface area contributed by atoms with E-state index in [0.717, 1.165) is 53.4 Å². The molecule has 0 aliphatic carbocycles. The predicted molar refractivity (Wildman–Crippen MR) is 148 cm³/mol. The van der Waals surface area contributed by atoms with Gasteiger partial charge >= 0.3 is 0 Å². The lowest BCUT2D eigenvalue weighted by Crippen LogP contribution is -2.29. The molecule has 1 heterocycles. The lowest BCUT2D eigenvalue weighted by Gasteiger charge is -2.21. The number of amides is 1. The van der Waals surface area contributed by atoms with Crippen LogP contribution in [0.15, 0.2) is 72.9 Å². The van der Waals surface area contributed by atoms with Crippen molar-refractivity contribution in [3.63, 3.8) is 0 Å². The first-order chi connectivity index (χ1) is 19.0. The van der Waals surface area contributed by atoms with E-state index >= 15 is 0 Å². The van der Waals surface area contributed by atoms with E-state index in [1.807, 2.05) is 6.20 Å². The fourth-order valence-corrected chi connectivity index (χ4v) is 4.53. The second-order valence-electron chi connectivity index (χ2n) is 9.64. The van der Waals surface area contributed by atoms with Crippen molar-refractivity contribution >= 4 is 16.8 Å². The zero-order valence-corrected chi connectivity index (χ0v) is 22.0. The highest BCUT2D eigenvalue weighted by molar-refractivity contribution is 5.83. The molecule has 0 aliphatic rings. The summed E-state index contributed by atoms with van der Waals surface area (Å²) in [5.74, 6) is -0.716. The summed E-state index contributed by atoms with van der Waals surface area (Å²) in [7, 11) is 0. The number of rotatable bonds is 15. The highest BCUT2D eigenvalue weighted by Crippen LogP contribution is 2.20. The molecule has 0 radical (unpaired) electrons. The van der Waals surface area contributed by atoms with Gasteiger partial charge in [-0.1, -0.05) is 36.4 Å². The van der Waals surface area contributed by atoms with Crippen LogP contribution in [0.2, 0.25) is 0 Å². The monoisotopic (exact) mass is 535 g/mol. The second-order valence-corrected chi connectivity index (χ2v) is 9.64. The van der Waals surface area contributed by atoms with Crippen LogP contribution in [0.1, 0.15) is 28.7 Å². The minimum Gasteiger partial charge on any atom is -0.395 e. The molecule has 0 fully saturated rings. The van der Waals surface area contributed by atoms with Gasteiger partial charge < -0.3 is 20.1 Å². The van der Waals surface area contributed by atoms with E-state index in [1.165, 1.54) is 23.8 Å². The number of hydrogen-bond acceptors (Lipinski definition) is 4. The van der Waals surface area contributed by atoms with Crippen molar-refractivity contribution in [2.75, 3.05) is 32.8 Å². The molecule has 1 aromatic heterocycles. The number of aromatic amines is 1. The summed E-state index contributed by atoms with van der Waals surface area (Å²) in [5.41, 5.74) is 5.15. The quantitative estimate of drug-likeness (QED) is 0.192. The van der Waals surface area contributed by atoms with Crippen LogP contribution in [0, 0.1) is 11.6 Å². The fourth-order valence-electron chi connectivity index (χ4n) is 4.53. The number of H-pyrrole nitrogens is 1. The van der Waals surface area contributed by atoms with Gasteiger partial charge in [0.05, 0.1) is 13.2 Å². The zero-order chi connectivity index (χ0) is 27.5. The van der Waals surface area contributed by atoms with E-state index < -0.39 is 0 Å². The number of nitrogens with zero attached hydrogens (tertiary/aromatic N) is 1. The SMILES string of the molecule is O=C(COCc1ccc(F)cc1)NCCCc1ccc(CN(CCO)CCc2c[nH]c3ccc(F)cc23)cc1. The topological polar surface area (TPSA) is 77.6 Å². The van der Waals surface area contributed by atoms with Crippen LogP contribution in [-0.4, -0.2) is 53.7 Å². The molecule has 1 amide bonds. The molecule has 0 spiro atoms. The molecule has 3 N–H and O–H groups in total. The number of halogens is 2. The molecule has 0 saturated heterocycles. The smallest absolute Gasteiger partial charge is 0.246 e. The molecule has 4 aromatic rings. The predicted octanol–water partition coefficient (Wildman–Crippen LogP) is 4.75. The maximum atomic E-state index is 13.7.